The Morgan fingerprint density at radius 3 is 2.74 bits per heavy atom. The number of hydrogen-bond acceptors (Lipinski definition) is 3. The number of carbonyl (C=O) groups is 1. The van der Waals surface area contributed by atoms with Gasteiger partial charge in [-0.3, -0.25) is 4.98 Å². The standard InChI is InChI=1S/C16H15NO2/c1-2-19-16(18)7-6-13-4-3-5-15(12-13)14-8-10-17-11-9-14/h3-12H,2H2,1H3/b7-6+. The molecule has 1 aromatic heterocycles. The maximum absolute atomic E-state index is 11.3. The number of rotatable bonds is 4. The third-order valence-electron chi connectivity index (χ3n) is 2.60. The zero-order chi connectivity index (χ0) is 13.5. The first-order chi connectivity index (χ1) is 9.29. The van der Waals surface area contributed by atoms with Crippen molar-refractivity contribution in [1.29, 1.82) is 0 Å². The number of hydrogen-bond donors (Lipinski definition) is 0. The Kier molecular flexibility index (Phi) is 4.45. The van der Waals surface area contributed by atoms with E-state index in [2.05, 4.69) is 4.98 Å². The molecular formula is C16H15NO2. The Morgan fingerprint density at radius 1 is 1.21 bits per heavy atom. The molecule has 2 aromatic rings. The molecule has 19 heavy (non-hydrogen) atoms. The molecule has 0 N–H and O–H groups in total. The monoisotopic (exact) mass is 253 g/mol. The largest absolute Gasteiger partial charge is 0.463 e. The molecular weight excluding hydrogens is 238 g/mol. The van der Waals surface area contributed by atoms with Crippen molar-refractivity contribution >= 4 is 12.0 Å². The van der Waals surface area contributed by atoms with Gasteiger partial charge in [-0.05, 0) is 47.9 Å². The fourth-order valence-corrected chi connectivity index (χ4v) is 1.72. The van der Waals surface area contributed by atoms with E-state index >= 15 is 0 Å². The number of benzene rings is 1. The minimum atomic E-state index is -0.322. The molecule has 3 heteroatoms. The van der Waals surface area contributed by atoms with Gasteiger partial charge < -0.3 is 4.74 Å². The summed E-state index contributed by atoms with van der Waals surface area (Å²) in [5, 5.41) is 0. The van der Waals surface area contributed by atoms with Crippen LogP contribution in [0.3, 0.4) is 0 Å². The van der Waals surface area contributed by atoms with Gasteiger partial charge in [0.2, 0.25) is 0 Å². The van der Waals surface area contributed by atoms with Crippen molar-refractivity contribution in [1.82, 2.24) is 4.98 Å². The molecule has 1 heterocycles. The predicted octanol–water partition coefficient (Wildman–Crippen LogP) is 3.32. The first kappa shape index (κ1) is 13.0. The van der Waals surface area contributed by atoms with Crippen LogP contribution in [0, 0.1) is 0 Å². The van der Waals surface area contributed by atoms with Crippen LogP contribution in [0.5, 0.6) is 0 Å². The summed E-state index contributed by atoms with van der Waals surface area (Å²) in [6, 6.07) is 11.9. The van der Waals surface area contributed by atoms with Gasteiger partial charge in [0.05, 0.1) is 6.61 Å². The van der Waals surface area contributed by atoms with E-state index in [1.165, 1.54) is 6.08 Å². The van der Waals surface area contributed by atoms with Crippen LogP contribution in [-0.4, -0.2) is 17.6 Å². The van der Waals surface area contributed by atoms with Gasteiger partial charge in [0.25, 0.3) is 0 Å². The van der Waals surface area contributed by atoms with Crippen LogP contribution in [0.1, 0.15) is 12.5 Å². The summed E-state index contributed by atoms with van der Waals surface area (Å²) in [6.45, 7) is 2.18. The summed E-state index contributed by atoms with van der Waals surface area (Å²) < 4.78 is 4.84. The molecule has 0 aliphatic rings. The highest BCUT2D eigenvalue weighted by molar-refractivity contribution is 5.87. The van der Waals surface area contributed by atoms with E-state index in [1.54, 1.807) is 25.4 Å². The second-order valence-electron chi connectivity index (χ2n) is 3.95. The number of esters is 1. The van der Waals surface area contributed by atoms with Crippen molar-refractivity contribution in [2.45, 2.75) is 6.92 Å². The fraction of sp³-hybridized carbons (Fsp3) is 0.125. The normalized spacial score (nSPS) is 10.6. The molecule has 0 fully saturated rings. The van der Waals surface area contributed by atoms with Gasteiger partial charge >= 0.3 is 5.97 Å². The van der Waals surface area contributed by atoms with Gasteiger partial charge in [0.1, 0.15) is 0 Å². The van der Waals surface area contributed by atoms with Crippen molar-refractivity contribution in [3.8, 4) is 11.1 Å². The molecule has 0 spiro atoms. The van der Waals surface area contributed by atoms with Crippen LogP contribution in [0.2, 0.25) is 0 Å². The van der Waals surface area contributed by atoms with Crippen LogP contribution in [0.4, 0.5) is 0 Å². The molecule has 2 rings (SSSR count). The lowest BCUT2D eigenvalue weighted by atomic mass is 10.0. The van der Waals surface area contributed by atoms with Crippen LogP contribution in [0.25, 0.3) is 17.2 Å². The lowest BCUT2D eigenvalue weighted by Crippen LogP contribution is -1.98. The number of ether oxygens (including phenoxy) is 1. The Balaban J connectivity index is 2.18. The zero-order valence-electron chi connectivity index (χ0n) is 10.7. The molecule has 3 nitrogen and oxygen atoms in total. The molecule has 0 saturated heterocycles. The lowest BCUT2D eigenvalue weighted by Gasteiger charge is -2.02. The van der Waals surface area contributed by atoms with Gasteiger partial charge in [-0.25, -0.2) is 4.79 Å². The maximum Gasteiger partial charge on any atom is 0.330 e. The van der Waals surface area contributed by atoms with E-state index in [1.807, 2.05) is 36.4 Å². The Labute approximate surface area is 112 Å². The molecule has 0 aliphatic heterocycles. The summed E-state index contributed by atoms with van der Waals surface area (Å²) in [4.78, 5) is 15.3. The maximum atomic E-state index is 11.3. The van der Waals surface area contributed by atoms with E-state index in [-0.39, 0.29) is 5.97 Å². The van der Waals surface area contributed by atoms with E-state index in [0.717, 1.165) is 16.7 Å². The summed E-state index contributed by atoms with van der Waals surface area (Å²) in [5.74, 6) is -0.322. The van der Waals surface area contributed by atoms with Crippen LogP contribution in [0.15, 0.2) is 54.9 Å². The van der Waals surface area contributed by atoms with Crippen molar-refractivity contribution in [3.05, 3.63) is 60.4 Å². The minimum Gasteiger partial charge on any atom is -0.463 e. The number of carbonyl (C=O) groups excluding carboxylic acids is 1. The Bertz CT molecular complexity index is 576. The van der Waals surface area contributed by atoms with Gasteiger partial charge in [-0.15, -0.1) is 0 Å². The Morgan fingerprint density at radius 2 is 2.00 bits per heavy atom. The van der Waals surface area contributed by atoms with Crippen molar-refractivity contribution in [2.24, 2.45) is 0 Å². The second-order valence-corrected chi connectivity index (χ2v) is 3.95. The van der Waals surface area contributed by atoms with E-state index < -0.39 is 0 Å². The molecule has 96 valence electrons. The van der Waals surface area contributed by atoms with Gasteiger partial charge in [0.15, 0.2) is 0 Å². The third-order valence-corrected chi connectivity index (χ3v) is 2.60. The number of pyridine rings is 1. The highest BCUT2D eigenvalue weighted by Crippen LogP contribution is 2.19. The average molecular weight is 253 g/mol. The van der Waals surface area contributed by atoms with Crippen LogP contribution >= 0.6 is 0 Å². The van der Waals surface area contributed by atoms with Crippen molar-refractivity contribution < 1.29 is 9.53 Å². The number of aromatic nitrogens is 1. The van der Waals surface area contributed by atoms with Crippen molar-refractivity contribution in [2.75, 3.05) is 6.61 Å². The van der Waals surface area contributed by atoms with Gasteiger partial charge in [-0.1, -0.05) is 18.2 Å². The Hall–Kier alpha value is -2.42. The molecule has 0 saturated carbocycles. The molecule has 0 aliphatic carbocycles. The van der Waals surface area contributed by atoms with E-state index in [9.17, 15) is 4.79 Å². The first-order valence-corrected chi connectivity index (χ1v) is 6.15. The van der Waals surface area contributed by atoms with E-state index in [0.29, 0.717) is 6.61 Å². The average Bonchev–Trinajstić information content (AvgIpc) is 2.47. The quantitative estimate of drug-likeness (QED) is 0.619. The summed E-state index contributed by atoms with van der Waals surface area (Å²) in [7, 11) is 0. The molecule has 1 aromatic carbocycles. The predicted molar refractivity (Wildman–Crippen MR) is 75.3 cm³/mol. The van der Waals surface area contributed by atoms with Crippen LogP contribution < -0.4 is 0 Å². The second kappa shape index (κ2) is 6.50. The fourth-order valence-electron chi connectivity index (χ4n) is 1.72. The lowest BCUT2D eigenvalue weighted by molar-refractivity contribution is -0.137. The summed E-state index contributed by atoms with van der Waals surface area (Å²) in [5.41, 5.74) is 3.15. The summed E-state index contributed by atoms with van der Waals surface area (Å²) in [6.07, 6.45) is 6.71. The minimum absolute atomic E-state index is 0.322. The molecule has 0 bridgehead atoms. The molecule has 0 unspecified atom stereocenters. The molecule has 0 radical (unpaired) electrons. The molecule has 0 atom stereocenters. The zero-order valence-corrected chi connectivity index (χ0v) is 10.7. The van der Waals surface area contributed by atoms with Gasteiger partial charge in [0, 0.05) is 18.5 Å². The topological polar surface area (TPSA) is 39.2 Å². The highest BCUT2D eigenvalue weighted by atomic mass is 16.5. The number of nitrogens with zero attached hydrogens (tertiary/aromatic N) is 1. The summed E-state index contributed by atoms with van der Waals surface area (Å²) >= 11 is 0. The van der Waals surface area contributed by atoms with Crippen LogP contribution in [-0.2, 0) is 9.53 Å². The highest BCUT2D eigenvalue weighted by Gasteiger charge is 1.98. The SMILES string of the molecule is CCOC(=O)/C=C/c1cccc(-c2ccncc2)c1. The first-order valence-electron chi connectivity index (χ1n) is 6.15. The van der Waals surface area contributed by atoms with Crippen molar-refractivity contribution in [3.63, 3.8) is 0 Å². The smallest absolute Gasteiger partial charge is 0.330 e. The molecule has 0 amide bonds. The van der Waals surface area contributed by atoms with Gasteiger partial charge in [-0.2, -0.15) is 0 Å². The van der Waals surface area contributed by atoms with E-state index in [4.69, 9.17) is 4.74 Å². The third kappa shape index (κ3) is 3.78.